The zero-order valence-electron chi connectivity index (χ0n) is 13.7. The van der Waals surface area contributed by atoms with Gasteiger partial charge in [-0.3, -0.25) is 4.79 Å². The van der Waals surface area contributed by atoms with E-state index in [9.17, 15) is 9.90 Å². The molecule has 0 spiro atoms. The fourth-order valence-electron chi connectivity index (χ4n) is 1.92. The van der Waals surface area contributed by atoms with Gasteiger partial charge in [0.05, 0.1) is 21.7 Å². The maximum absolute atomic E-state index is 11.3. The summed E-state index contributed by atoms with van der Waals surface area (Å²) in [6.45, 7) is 3.54. The summed E-state index contributed by atoms with van der Waals surface area (Å²) < 4.78 is 7.34. The molecule has 1 aromatic carbocycles. The van der Waals surface area contributed by atoms with Crippen molar-refractivity contribution in [3.63, 3.8) is 0 Å². The third-order valence-electron chi connectivity index (χ3n) is 3.22. The van der Waals surface area contributed by atoms with Crippen LogP contribution in [0.1, 0.15) is 31.4 Å². The minimum absolute atomic E-state index is 0.0805. The fraction of sp³-hybridized carbons (Fsp3) is 0.562. The molecule has 0 aliphatic rings. The van der Waals surface area contributed by atoms with Crippen molar-refractivity contribution in [1.82, 2.24) is 10.2 Å². The summed E-state index contributed by atoms with van der Waals surface area (Å²) in [6, 6.07) is 3.63. The Labute approximate surface area is 154 Å². The average molecular weight is 452 g/mol. The number of aliphatic hydroxyl groups is 1. The predicted octanol–water partition coefficient (Wildman–Crippen LogP) is 3.10. The summed E-state index contributed by atoms with van der Waals surface area (Å²) in [4.78, 5) is 13.4. The van der Waals surface area contributed by atoms with Gasteiger partial charge in [0.15, 0.2) is 0 Å². The molecule has 23 heavy (non-hydrogen) atoms. The average Bonchev–Trinajstić information content (AvgIpc) is 2.50. The van der Waals surface area contributed by atoms with Gasteiger partial charge in [0.2, 0.25) is 5.91 Å². The number of nitrogens with one attached hydrogen (secondary N) is 1. The number of carbonyl (C=O) groups excluding carboxylic acids is 1. The van der Waals surface area contributed by atoms with E-state index in [2.05, 4.69) is 42.1 Å². The lowest BCUT2D eigenvalue weighted by Crippen LogP contribution is -2.27. The van der Waals surface area contributed by atoms with Gasteiger partial charge >= 0.3 is 0 Å². The molecule has 0 radical (unpaired) electrons. The molecule has 7 heteroatoms. The Hall–Kier alpha value is -0.630. The van der Waals surface area contributed by atoms with Crippen molar-refractivity contribution in [2.24, 2.45) is 0 Å². The summed E-state index contributed by atoms with van der Waals surface area (Å²) in [6.07, 6.45) is 0.569. The zero-order chi connectivity index (χ0) is 17.4. The topological polar surface area (TPSA) is 61.8 Å². The first-order valence-electron chi connectivity index (χ1n) is 7.56. The first-order valence-corrected chi connectivity index (χ1v) is 9.15. The highest BCUT2D eigenvalue weighted by Crippen LogP contribution is 2.36. The number of hydrogen-bond acceptors (Lipinski definition) is 4. The van der Waals surface area contributed by atoms with E-state index in [1.165, 1.54) is 0 Å². The molecule has 0 saturated carbocycles. The second-order valence-electron chi connectivity index (χ2n) is 5.49. The monoisotopic (exact) mass is 450 g/mol. The van der Waals surface area contributed by atoms with Crippen molar-refractivity contribution in [3.05, 3.63) is 26.6 Å². The van der Waals surface area contributed by atoms with Crippen LogP contribution < -0.4 is 10.1 Å². The number of ether oxygens (including phenoxy) is 1. The molecule has 1 amide bonds. The van der Waals surface area contributed by atoms with Crippen molar-refractivity contribution >= 4 is 37.8 Å². The van der Waals surface area contributed by atoms with Crippen molar-refractivity contribution in [2.75, 3.05) is 33.8 Å². The van der Waals surface area contributed by atoms with E-state index in [0.29, 0.717) is 18.6 Å². The third kappa shape index (κ3) is 7.20. The Balaban J connectivity index is 2.66. The summed E-state index contributed by atoms with van der Waals surface area (Å²) in [5.41, 5.74) is 0.709. The van der Waals surface area contributed by atoms with Gasteiger partial charge in [-0.25, -0.2) is 0 Å². The highest BCUT2D eigenvalue weighted by molar-refractivity contribution is 9.11. The Morgan fingerprint density at radius 1 is 1.35 bits per heavy atom. The second kappa shape index (κ2) is 10.3. The minimum atomic E-state index is -0.763. The summed E-state index contributed by atoms with van der Waals surface area (Å²) in [5, 5.41) is 12.9. The van der Waals surface area contributed by atoms with Gasteiger partial charge in [-0.15, -0.1) is 0 Å². The van der Waals surface area contributed by atoms with Gasteiger partial charge in [-0.05, 0) is 70.1 Å². The quantitative estimate of drug-likeness (QED) is 0.566. The van der Waals surface area contributed by atoms with E-state index in [-0.39, 0.29) is 12.5 Å². The number of rotatable bonds is 9. The Morgan fingerprint density at radius 3 is 2.48 bits per heavy atom. The highest BCUT2D eigenvalue weighted by Gasteiger charge is 2.15. The van der Waals surface area contributed by atoms with Crippen LogP contribution in [0.2, 0.25) is 0 Å². The molecular weight excluding hydrogens is 428 g/mol. The lowest BCUT2D eigenvalue weighted by Gasteiger charge is -2.16. The van der Waals surface area contributed by atoms with Gasteiger partial charge in [-0.2, -0.15) is 0 Å². The van der Waals surface area contributed by atoms with E-state index in [0.717, 1.165) is 27.7 Å². The number of aliphatic hydroxyl groups excluding tert-OH is 1. The van der Waals surface area contributed by atoms with Crippen molar-refractivity contribution < 1.29 is 14.6 Å². The van der Waals surface area contributed by atoms with Crippen LogP contribution in [0.4, 0.5) is 0 Å². The normalized spacial score (nSPS) is 12.3. The smallest absolute Gasteiger partial charge is 0.219 e. The van der Waals surface area contributed by atoms with Gasteiger partial charge in [0, 0.05) is 19.5 Å². The molecule has 5 nitrogen and oxygen atoms in total. The third-order valence-corrected chi connectivity index (χ3v) is 4.39. The van der Waals surface area contributed by atoms with Crippen molar-refractivity contribution in [1.29, 1.82) is 0 Å². The molecular formula is C16H24Br2N2O3. The second-order valence-corrected chi connectivity index (χ2v) is 7.20. The summed E-state index contributed by atoms with van der Waals surface area (Å²) in [7, 11) is 4.05. The molecule has 0 saturated heterocycles. The summed E-state index contributed by atoms with van der Waals surface area (Å²) >= 11 is 6.95. The lowest BCUT2D eigenvalue weighted by molar-refractivity contribution is -0.121. The molecule has 1 rings (SSSR count). The molecule has 2 N–H and O–H groups in total. The molecule has 0 aromatic heterocycles. The molecule has 1 aromatic rings. The number of amides is 1. The van der Waals surface area contributed by atoms with E-state index < -0.39 is 6.10 Å². The maximum Gasteiger partial charge on any atom is 0.219 e. The SMILES string of the molecule is CCC(=O)NCC(O)c1cc(Br)c(OCCCN(C)C)c(Br)c1. The van der Waals surface area contributed by atoms with Gasteiger partial charge in [0.1, 0.15) is 5.75 Å². The largest absolute Gasteiger partial charge is 0.491 e. The molecule has 1 unspecified atom stereocenters. The molecule has 0 bridgehead atoms. The number of halogens is 2. The minimum Gasteiger partial charge on any atom is -0.491 e. The number of carbonyl (C=O) groups is 1. The summed E-state index contributed by atoms with van der Waals surface area (Å²) in [5.74, 6) is 0.639. The van der Waals surface area contributed by atoms with Crippen LogP contribution in [-0.2, 0) is 4.79 Å². The number of benzene rings is 1. The van der Waals surface area contributed by atoms with Crippen LogP contribution in [0.3, 0.4) is 0 Å². The number of hydrogen-bond donors (Lipinski definition) is 2. The van der Waals surface area contributed by atoms with Gasteiger partial charge in [-0.1, -0.05) is 6.92 Å². The van der Waals surface area contributed by atoms with E-state index in [4.69, 9.17) is 4.74 Å². The lowest BCUT2D eigenvalue weighted by atomic mass is 10.1. The van der Waals surface area contributed by atoms with Gasteiger partial charge in [0.25, 0.3) is 0 Å². The molecule has 1 atom stereocenters. The van der Waals surface area contributed by atoms with Crippen molar-refractivity contribution in [2.45, 2.75) is 25.9 Å². The van der Waals surface area contributed by atoms with Crippen LogP contribution in [0.25, 0.3) is 0 Å². The van der Waals surface area contributed by atoms with Crippen LogP contribution in [-0.4, -0.2) is 49.7 Å². The molecule has 0 aliphatic heterocycles. The molecule has 0 heterocycles. The van der Waals surface area contributed by atoms with Gasteiger partial charge < -0.3 is 20.1 Å². The zero-order valence-corrected chi connectivity index (χ0v) is 16.9. The van der Waals surface area contributed by atoms with Crippen LogP contribution in [0, 0.1) is 0 Å². The Morgan fingerprint density at radius 2 is 1.96 bits per heavy atom. The van der Waals surface area contributed by atoms with E-state index in [1.807, 2.05) is 26.2 Å². The van der Waals surface area contributed by atoms with E-state index in [1.54, 1.807) is 6.92 Å². The Bertz CT molecular complexity index is 501. The highest BCUT2D eigenvalue weighted by atomic mass is 79.9. The molecule has 130 valence electrons. The van der Waals surface area contributed by atoms with Crippen LogP contribution in [0.15, 0.2) is 21.1 Å². The molecule has 0 aliphatic carbocycles. The molecule has 0 fully saturated rings. The number of nitrogens with zero attached hydrogens (tertiary/aromatic N) is 1. The van der Waals surface area contributed by atoms with E-state index >= 15 is 0 Å². The van der Waals surface area contributed by atoms with Crippen molar-refractivity contribution in [3.8, 4) is 5.75 Å². The first kappa shape index (κ1) is 20.4. The fourth-order valence-corrected chi connectivity index (χ4v) is 3.37. The van der Waals surface area contributed by atoms with Crippen LogP contribution in [0.5, 0.6) is 5.75 Å². The standard InChI is InChI=1S/C16H24Br2N2O3/c1-4-15(22)19-10-14(21)11-8-12(17)16(13(18)9-11)23-7-5-6-20(2)3/h8-9,14,21H,4-7,10H2,1-3H3,(H,19,22). The maximum atomic E-state index is 11.3. The first-order chi connectivity index (χ1) is 10.8. The predicted molar refractivity (Wildman–Crippen MR) is 98.8 cm³/mol. The van der Waals surface area contributed by atoms with Crippen LogP contribution >= 0.6 is 31.9 Å². The Kier molecular flexibility index (Phi) is 9.12.